The van der Waals surface area contributed by atoms with E-state index < -0.39 is 0 Å². The quantitative estimate of drug-likeness (QED) is 0.342. The third kappa shape index (κ3) is 3.62. The van der Waals surface area contributed by atoms with Gasteiger partial charge < -0.3 is 19.0 Å². The molecular formula is C26H38O5. The highest BCUT2D eigenvalue weighted by Gasteiger charge is 2.59. The number of methoxy groups -OCH3 is 1. The first kappa shape index (κ1) is 22.7. The van der Waals surface area contributed by atoms with Gasteiger partial charge in [0.2, 0.25) is 0 Å². The monoisotopic (exact) mass is 430 g/mol. The predicted octanol–water partition coefficient (Wildman–Crippen LogP) is 4.85. The summed E-state index contributed by atoms with van der Waals surface area (Å²) in [5.41, 5.74) is 2.84. The molecule has 0 aromatic rings. The minimum absolute atomic E-state index is 0.00302. The molecule has 0 bridgehead atoms. The van der Waals surface area contributed by atoms with Gasteiger partial charge in [-0.3, -0.25) is 4.79 Å². The smallest absolute Gasteiger partial charge is 0.302 e. The molecule has 0 N–H and O–H groups in total. The molecule has 0 saturated heterocycles. The van der Waals surface area contributed by atoms with Crippen LogP contribution < -0.4 is 0 Å². The number of hydrogen-bond donors (Lipinski definition) is 0. The van der Waals surface area contributed by atoms with E-state index in [0.29, 0.717) is 24.2 Å². The Morgan fingerprint density at radius 1 is 1.23 bits per heavy atom. The van der Waals surface area contributed by atoms with E-state index in [1.807, 2.05) is 0 Å². The van der Waals surface area contributed by atoms with E-state index in [4.69, 9.17) is 14.2 Å². The maximum atomic E-state index is 12.0. The van der Waals surface area contributed by atoms with Crippen molar-refractivity contribution in [3.63, 3.8) is 0 Å². The molecule has 3 saturated carbocycles. The van der Waals surface area contributed by atoms with Gasteiger partial charge in [-0.25, -0.2) is 0 Å². The molecule has 0 radical (unpaired) electrons. The van der Waals surface area contributed by atoms with E-state index in [1.165, 1.54) is 18.1 Å². The number of fused-ring (bicyclic) bond motifs is 5. The fourth-order valence-corrected chi connectivity index (χ4v) is 7.67. The highest BCUT2D eigenvalue weighted by molar-refractivity contribution is 5.66. The highest BCUT2D eigenvalue weighted by atomic mass is 16.7. The van der Waals surface area contributed by atoms with Gasteiger partial charge in [-0.15, -0.1) is 0 Å². The number of ether oxygens (including phenoxy) is 3. The molecule has 0 spiro atoms. The molecule has 8 atom stereocenters. The van der Waals surface area contributed by atoms with E-state index in [1.54, 1.807) is 7.11 Å². The number of rotatable bonds is 6. The Morgan fingerprint density at radius 2 is 2.00 bits per heavy atom. The van der Waals surface area contributed by atoms with Crippen LogP contribution in [0.5, 0.6) is 0 Å². The first-order valence-electron chi connectivity index (χ1n) is 11.9. The van der Waals surface area contributed by atoms with E-state index in [0.717, 1.165) is 38.4 Å². The van der Waals surface area contributed by atoms with Gasteiger partial charge in [0.05, 0.1) is 6.10 Å². The Hall–Kier alpha value is -1.46. The molecule has 0 heterocycles. The molecule has 1 unspecified atom stereocenters. The van der Waals surface area contributed by atoms with Crippen LogP contribution >= 0.6 is 0 Å². The lowest BCUT2D eigenvalue weighted by atomic mass is 9.49. The van der Waals surface area contributed by atoms with Crippen molar-refractivity contribution in [3.8, 4) is 0 Å². The number of allylic oxidation sites excluding steroid dienone is 3. The SMILES string of the molecule is COCO[C@@H]1CC2=CC=C3[C@@H]4CC[C@H](C(C)C=O)[C@@]4(C)CC[C@@H]3[C@@]2(C)[C@@H](OC(C)=O)C1. The number of carbonyl (C=O) groups is 2. The normalized spacial score (nSPS) is 42.4. The minimum Gasteiger partial charge on any atom is -0.462 e. The fourth-order valence-electron chi connectivity index (χ4n) is 7.67. The van der Waals surface area contributed by atoms with Gasteiger partial charge in [-0.05, 0) is 55.3 Å². The van der Waals surface area contributed by atoms with E-state index in [9.17, 15) is 9.59 Å². The molecule has 4 aliphatic carbocycles. The molecule has 0 aliphatic heterocycles. The Balaban J connectivity index is 1.68. The molecule has 172 valence electrons. The summed E-state index contributed by atoms with van der Waals surface area (Å²) in [6.07, 6.45) is 11.6. The van der Waals surface area contributed by atoms with Crippen LogP contribution in [0.3, 0.4) is 0 Å². The zero-order chi connectivity index (χ0) is 22.4. The van der Waals surface area contributed by atoms with Crippen LogP contribution in [0.1, 0.15) is 66.2 Å². The first-order chi connectivity index (χ1) is 14.8. The molecule has 0 amide bonds. The lowest BCUT2D eigenvalue weighted by molar-refractivity contribution is -0.165. The predicted molar refractivity (Wildman–Crippen MR) is 118 cm³/mol. The summed E-state index contributed by atoms with van der Waals surface area (Å²) < 4.78 is 17.0. The average molecular weight is 431 g/mol. The van der Waals surface area contributed by atoms with E-state index in [2.05, 4.69) is 32.9 Å². The fraction of sp³-hybridized carbons (Fsp3) is 0.769. The Morgan fingerprint density at radius 3 is 2.68 bits per heavy atom. The van der Waals surface area contributed by atoms with Crippen LogP contribution in [-0.2, 0) is 23.8 Å². The van der Waals surface area contributed by atoms with Gasteiger partial charge in [0.1, 0.15) is 19.2 Å². The van der Waals surface area contributed by atoms with E-state index in [-0.39, 0.29) is 41.7 Å². The van der Waals surface area contributed by atoms with Crippen molar-refractivity contribution in [1.29, 1.82) is 0 Å². The molecule has 4 aliphatic rings. The molecule has 5 heteroatoms. The van der Waals surface area contributed by atoms with Crippen molar-refractivity contribution < 1.29 is 23.8 Å². The molecule has 4 rings (SSSR count). The molecule has 31 heavy (non-hydrogen) atoms. The zero-order valence-corrected chi connectivity index (χ0v) is 19.7. The summed E-state index contributed by atoms with van der Waals surface area (Å²) >= 11 is 0. The molecule has 0 aromatic heterocycles. The van der Waals surface area contributed by atoms with Gasteiger partial charge in [0, 0.05) is 31.8 Å². The number of hydrogen-bond acceptors (Lipinski definition) is 5. The lowest BCUT2D eigenvalue weighted by Crippen LogP contribution is -2.54. The Bertz CT molecular complexity index is 785. The second-order valence-electron chi connectivity index (χ2n) is 10.7. The average Bonchev–Trinajstić information content (AvgIpc) is 3.09. The standard InChI is InChI=1S/C26H38O5/c1-16(14-27)21-8-9-22-20-7-6-18-12-19(30-15-29-5)13-24(31-17(2)28)26(18,4)23(20)10-11-25(21,22)3/h6-7,14,16,19,21-24H,8-13,15H2,1-5H3/t16?,19-,21-,22+,23+,24+,25-,26+/m1/s1. The van der Waals surface area contributed by atoms with Crippen molar-refractivity contribution in [2.24, 2.45) is 34.5 Å². The van der Waals surface area contributed by atoms with Crippen LogP contribution in [0.4, 0.5) is 0 Å². The van der Waals surface area contributed by atoms with Crippen molar-refractivity contribution in [1.82, 2.24) is 0 Å². The summed E-state index contributed by atoms with van der Waals surface area (Å²) in [5, 5.41) is 0. The van der Waals surface area contributed by atoms with Crippen molar-refractivity contribution >= 4 is 12.3 Å². The molecule has 3 fully saturated rings. The maximum absolute atomic E-state index is 12.0. The largest absolute Gasteiger partial charge is 0.462 e. The Kier molecular flexibility index (Phi) is 6.21. The second-order valence-corrected chi connectivity index (χ2v) is 10.7. The van der Waals surface area contributed by atoms with Crippen molar-refractivity contribution in [2.45, 2.75) is 78.4 Å². The maximum Gasteiger partial charge on any atom is 0.302 e. The second kappa shape index (κ2) is 8.47. The third-order valence-electron chi connectivity index (χ3n) is 9.25. The van der Waals surface area contributed by atoms with Crippen LogP contribution in [0.2, 0.25) is 0 Å². The van der Waals surface area contributed by atoms with Gasteiger partial charge >= 0.3 is 5.97 Å². The Labute approximate surface area is 186 Å². The molecule has 5 nitrogen and oxygen atoms in total. The summed E-state index contributed by atoms with van der Waals surface area (Å²) in [5.74, 6) is 1.23. The minimum atomic E-state index is -0.226. The van der Waals surface area contributed by atoms with Crippen LogP contribution in [0, 0.1) is 34.5 Å². The van der Waals surface area contributed by atoms with Crippen LogP contribution in [-0.4, -0.2) is 38.4 Å². The summed E-state index contributed by atoms with van der Waals surface area (Å²) in [4.78, 5) is 23.6. The number of esters is 1. The lowest BCUT2D eigenvalue weighted by Gasteiger charge is -2.57. The third-order valence-corrected chi connectivity index (χ3v) is 9.25. The van der Waals surface area contributed by atoms with Gasteiger partial charge in [0.15, 0.2) is 0 Å². The summed E-state index contributed by atoms with van der Waals surface area (Å²) in [7, 11) is 1.63. The summed E-state index contributed by atoms with van der Waals surface area (Å²) in [6, 6.07) is 0. The van der Waals surface area contributed by atoms with Crippen LogP contribution in [0.15, 0.2) is 23.3 Å². The molecular weight excluding hydrogens is 392 g/mol. The highest BCUT2D eigenvalue weighted by Crippen LogP contribution is 2.66. The van der Waals surface area contributed by atoms with Gasteiger partial charge in [0.25, 0.3) is 0 Å². The van der Waals surface area contributed by atoms with Gasteiger partial charge in [-0.1, -0.05) is 44.1 Å². The topological polar surface area (TPSA) is 61.8 Å². The van der Waals surface area contributed by atoms with Crippen molar-refractivity contribution in [2.75, 3.05) is 13.9 Å². The summed E-state index contributed by atoms with van der Waals surface area (Å²) in [6.45, 7) is 8.56. The zero-order valence-electron chi connectivity index (χ0n) is 19.7. The number of carbonyl (C=O) groups excluding carboxylic acids is 2. The van der Waals surface area contributed by atoms with Crippen molar-refractivity contribution in [3.05, 3.63) is 23.3 Å². The van der Waals surface area contributed by atoms with Crippen LogP contribution in [0.25, 0.3) is 0 Å². The first-order valence-corrected chi connectivity index (χ1v) is 11.9. The number of aldehydes is 1. The van der Waals surface area contributed by atoms with Gasteiger partial charge in [-0.2, -0.15) is 0 Å². The molecule has 0 aromatic carbocycles. The van der Waals surface area contributed by atoms with E-state index >= 15 is 0 Å².